The van der Waals surface area contributed by atoms with Gasteiger partial charge in [-0.05, 0) is 43.0 Å². The minimum atomic E-state index is -0.0335. The van der Waals surface area contributed by atoms with Crippen LogP contribution in [0.2, 0.25) is 0 Å². The number of benzene rings is 2. The van der Waals surface area contributed by atoms with Crippen molar-refractivity contribution in [1.82, 2.24) is 14.9 Å². The van der Waals surface area contributed by atoms with Crippen LogP contribution in [0.5, 0.6) is 0 Å². The van der Waals surface area contributed by atoms with E-state index in [2.05, 4.69) is 39.1 Å². The molecule has 148 valence electrons. The molecule has 4 aromatic rings. The van der Waals surface area contributed by atoms with Crippen LogP contribution in [0, 0.1) is 0 Å². The Labute approximate surface area is 169 Å². The maximum atomic E-state index is 13.3. The number of nitrogens with zero attached hydrogens (tertiary/aromatic N) is 1. The van der Waals surface area contributed by atoms with Gasteiger partial charge in [0.2, 0.25) is 0 Å². The van der Waals surface area contributed by atoms with Crippen molar-refractivity contribution in [1.29, 1.82) is 0 Å². The summed E-state index contributed by atoms with van der Waals surface area (Å²) in [5, 5.41) is 5.64. The van der Waals surface area contributed by atoms with Crippen molar-refractivity contribution in [2.24, 2.45) is 0 Å². The van der Waals surface area contributed by atoms with Crippen molar-refractivity contribution >= 4 is 27.7 Å². The number of methoxy groups -OCH3 is 1. The number of hydrogen-bond acceptors (Lipinski definition) is 2. The lowest BCUT2D eigenvalue weighted by Crippen LogP contribution is -2.32. The number of aromatic amines is 1. The summed E-state index contributed by atoms with van der Waals surface area (Å²) >= 11 is 0. The number of para-hydroxylation sites is 2. The normalized spacial score (nSPS) is 16.2. The van der Waals surface area contributed by atoms with Gasteiger partial charge in [-0.3, -0.25) is 4.79 Å². The smallest absolute Gasteiger partial charge is 0.268 e. The number of nitrogens with one attached hydrogen (secondary N) is 2. The van der Waals surface area contributed by atoms with E-state index >= 15 is 0 Å². The average molecular weight is 387 g/mol. The van der Waals surface area contributed by atoms with Gasteiger partial charge in [0.15, 0.2) is 0 Å². The summed E-state index contributed by atoms with van der Waals surface area (Å²) in [6.45, 7) is 1.21. The standard InChI is InChI=1S/C24H25N3O2/c1-29-14-13-27-21-12-5-2-7-16(21)15-22(27)24(28)26-20-11-6-9-18-17-8-3-4-10-19(17)25-23(18)20/h2-5,7-8,10,12,15,20,25H,6,9,11,13-14H2,1H3,(H,26,28)/t20-/m1/s1. The average Bonchev–Trinajstić information content (AvgIpc) is 3.31. The molecule has 0 saturated heterocycles. The zero-order valence-corrected chi connectivity index (χ0v) is 16.6. The molecule has 5 nitrogen and oxygen atoms in total. The highest BCUT2D eigenvalue weighted by atomic mass is 16.5. The number of ether oxygens (including phenoxy) is 1. The summed E-state index contributed by atoms with van der Waals surface area (Å²) in [5.41, 5.74) is 5.39. The fourth-order valence-electron chi connectivity index (χ4n) is 4.61. The number of fused-ring (bicyclic) bond motifs is 4. The lowest BCUT2D eigenvalue weighted by atomic mass is 9.91. The van der Waals surface area contributed by atoms with Crippen LogP contribution < -0.4 is 5.32 Å². The predicted octanol–water partition coefficient (Wildman–Crippen LogP) is 4.58. The van der Waals surface area contributed by atoms with E-state index in [1.54, 1.807) is 7.11 Å². The first kappa shape index (κ1) is 18.0. The number of carbonyl (C=O) groups is 1. The highest BCUT2D eigenvalue weighted by Gasteiger charge is 2.27. The predicted molar refractivity (Wildman–Crippen MR) is 115 cm³/mol. The van der Waals surface area contributed by atoms with Gasteiger partial charge in [-0.2, -0.15) is 0 Å². The van der Waals surface area contributed by atoms with Crippen molar-refractivity contribution < 1.29 is 9.53 Å². The fraction of sp³-hybridized carbons (Fsp3) is 0.292. The maximum absolute atomic E-state index is 13.3. The van der Waals surface area contributed by atoms with Gasteiger partial charge in [-0.1, -0.05) is 36.4 Å². The van der Waals surface area contributed by atoms with E-state index in [9.17, 15) is 4.79 Å². The molecule has 0 unspecified atom stereocenters. The molecule has 1 amide bonds. The summed E-state index contributed by atoms with van der Waals surface area (Å²) in [7, 11) is 1.69. The van der Waals surface area contributed by atoms with Crippen LogP contribution in [0.15, 0.2) is 54.6 Å². The summed E-state index contributed by atoms with van der Waals surface area (Å²) < 4.78 is 7.33. The molecule has 0 aliphatic heterocycles. The quantitative estimate of drug-likeness (QED) is 0.527. The molecule has 2 aromatic carbocycles. The number of aryl methyl sites for hydroxylation is 1. The van der Waals surface area contributed by atoms with Gasteiger partial charge in [-0.25, -0.2) is 0 Å². The van der Waals surface area contributed by atoms with Crippen molar-refractivity contribution in [2.75, 3.05) is 13.7 Å². The molecule has 2 aromatic heterocycles. The lowest BCUT2D eigenvalue weighted by molar-refractivity contribution is 0.0920. The monoisotopic (exact) mass is 387 g/mol. The van der Waals surface area contributed by atoms with Crippen LogP contribution in [-0.4, -0.2) is 29.2 Å². The van der Waals surface area contributed by atoms with E-state index in [0.29, 0.717) is 18.8 Å². The molecule has 0 bridgehead atoms. The zero-order chi connectivity index (χ0) is 19.8. The summed E-state index contributed by atoms with van der Waals surface area (Å²) in [6.07, 6.45) is 3.08. The Balaban J connectivity index is 1.49. The minimum absolute atomic E-state index is 0.00698. The Morgan fingerprint density at radius 3 is 2.93 bits per heavy atom. The third-order valence-electron chi connectivity index (χ3n) is 5.98. The molecule has 0 saturated carbocycles. The van der Waals surface area contributed by atoms with Crippen molar-refractivity contribution in [2.45, 2.75) is 31.8 Å². The highest BCUT2D eigenvalue weighted by molar-refractivity contribution is 5.99. The van der Waals surface area contributed by atoms with E-state index in [1.807, 2.05) is 30.3 Å². The molecule has 0 fully saturated rings. The minimum Gasteiger partial charge on any atom is -0.383 e. The molecular formula is C24H25N3O2. The first-order valence-electron chi connectivity index (χ1n) is 10.2. The molecule has 5 heteroatoms. The molecule has 1 aliphatic carbocycles. The molecule has 0 spiro atoms. The third-order valence-corrected chi connectivity index (χ3v) is 5.98. The second kappa shape index (κ2) is 7.41. The number of carbonyl (C=O) groups excluding carboxylic acids is 1. The first-order valence-corrected chi connectivity index (χ1v) is 10.2. The van der Waals surface area contributed by atoms with E-state index in [4.69, 9.17) is 4.74 Å². The van der Waals surface area contributed by atoms with Crippen molar-refractivity contribution in [3.05, 3.63) is 71.5 Å². The summed E-state index contributed by atoms with van der Waals surface area (Å²) in [4.78, 5) is 16.9. The third kappa shape index (κ3) is 3.12. The molecule has 29 heavy (non-hydrogen) atoms. The maximum Gasteiger partial charge on any atom is 0.268 e. The molecule has 1 atom stereocenters. The molecule has 2 N–H and O–H groups in total. The number of H-pyrrole nitrogens is 1. The second-order valence-electron chi connectivity index (χ2n) is 7.71. The van der Waals surface area contributed by atoms with Gasteiger partial charge < -0.3 is 19.6 Å². The van der Waals surface area contributed by atoms with Gasteiger partial charge in [0.05, 0.1) is 12.6 Å². The van der Waals surface area contributed by atoms with Crippen LogP contribution in [0.4, 0.5) is 0 Å². The van der Waals surface area contributed by atoms with E-state index in [-0.39, 0.29) is 11.9 Å². The lowest BCUT2D eigenvalue weighted by Gasteiger charge is -2.24. The molecule has 5 rings (SSSR count). The van der Waals surface area contributed by atoms with Crippen LogP contribution in [-0.2, 0) is 17.7 Å². The van der Waals surface area contributed by atoms with Gasteiger partial charge in [0.25, 0.3) is 5.91 Å². The largest absolute Gasteiger partial charge is 0.383 e. The van der Waals surface area contributed by atoms with Crippen LogP contribution >= 0.6 is 0 Å². The SMILES string of the molecule is COCCn1c(C(=O)N[C@@H]2CCCc3c2[nH]c2ccccc32)cc2ccccc21. The first-order chi connectivity index (χ1) is 14.3. The molecule has 1 aliphatic rings. The Bertz CT molecular complexity index is 1190. The van der Waals surface area contributed by atoms with Crippen molar-refractivity contribution in [3.63, 3.8) is 0 Å². The van der Waals surface area contributed by atoms with Crippen LogP contribution in [0.3, 0.4) is 0 Å². The van der Waals surface area contributed by atoms with Crippen molar-refractivity contribution in [3.8, 4) is 0 Å². The second-order valence-corrected chi connectivity index (χ2v) is 7.71. The fourth-order valence-corrected chi connectivity index (χ4v) is 4.61. The number of amides is 1. The van der Waals surface area contributed by atoms with Gasteiger partial charge in [0, 0.05) is 41.2 Å². The Hall–Kier alpha value is -3.05. The Kier molecular flexibility index (Phi) is 4.60. The topological polar surface area (TPSA) is 59.0 Å². The molecule has 0 radical (unpaired) electrons. The summed E-state index contributed by atoms with van der Waals surface area (Å²) in [6, 6.07) is 18.5. The van der Waals surface area contributed by atoms with E-state index < -0.39 is 0 Å². The number of aromatic nitrogens is 2. The number of hydrogen-bond donors (Lipinski definition) is 2. The highest BCUT2D eigenvalue weighted by Crippen LogP contribution is 2.35. The van der Waals surface area contributed by atoms with Crippen LogP contribution in [0.25, 0.3) is 21.8 Å². The van der Waals surface area contributed by atoms with E-state index in [1.165, 1.54) is 10.9 Å². The molecule has 2 heterocycles. The van der Waals surface area contributed by atoms with Gasteiger partial charge >= 0.3 is 0 Å². The van der Waals surface area contributed by atoms with Gasteiger partial charge in [-0.15, -0.1) is 0 Å². The Morgan fingerprint density at radius 1 is 1.21 bits per heavy atom. The number of rotatable bonds is 5. The van der Waals surface area contributed by atoms with Gasteiger partial charge in [0.1, 0.15) is 5.69 Å². The summed E-state index contributed by atoms with van der Waals surface area (Å²) in [5.74, 6) is -0.0335. The van der Waals surface area contributed by atoms with E-state index in [0.717, 1.165) is 41.4 Å². The molecular weight excluding hydrogens is 362 g/mol. The Morgan fingerprint density at radius 2 is 2.03 bits per heavy atom. The van der Waals surface area contributed by atoms with Crippen LogP contribution in [0.1, 0.15) is 40.6 Å². The zero-order valence-electron chi connectivity index (χ0n) is 16.6.